The smallest absolute Gasteiger partial charge is 0.250 e. The Balaban J connectivity index is 2.64. The van der Waals surface area contributed by atoms with E-state index >= 15 is 0 Å². The van der Waals surface area contributed by atoms with Gasteiger partial charge in [-0.15, -0.1) is 0 Å². The standard InChI is InChI=1S/C12H8ClF2N3O3S/c1-22(20,21)12-17-10(13)6(5-19)11(18-12)16-9-7(14)3-2-4-8(9)15/h2-5H,1H3,(H,16,17,18). The van der Waals surface area contributed by atoms with Gasteiger partial charge in [-0.05, 0) is 12.1 Å². The van der Waals surface area contributed by atoms with Crippen molar-refractivity contribution in [2.45, 2.75) is 5.16 Å². The molecule has 0 radical (unpaired) electrons. The highest BCUT2D eigenvalue weighted by molar-refractivity contribution is 7.90. The Bertz CT molecular complexity index is 839. The minimum atomic E-state index is -3.84. The summed E-state index contributed by atoms with van der Waals surface area (Å²) in [5, 5.41) is 1.10. The molecule has 1 heterocycles. The first-order valence-electron chi connectivity index (χ1n) is 5.68. The molecule has 0 aliphatic carbocycles. The fourth-order valence-corrected chi connectivity index (χ4v) is 2.30. The Morgan fingerprint density at radius 3 is 2.32 bits per heavy atom. The molecule has 0 atom stereocenters. The zero-order chi connectivity index (χ0) is 16.5. The zero-order valence-electron chi connectivity index (χ0n) is 11.0. The van der Waals surface area contributed by atoms with E-state index in [9.17, 15) is 22.0 Å². The normalized spacial score (nSPS) is 11.3. The Morgan fingerprint density at radius 1 is 1.23 bits per heavy atom. The lowest BCUT2D eigenvalue weighted by molar-refractivity contribution is 0.112. The highest BCUT2D eigenvalue weighted by Gasteiger charge is 2.20. The summed E-state index contributed by atoms with van der Waals surface area (Å²) in [7, 11) is -3.84. The topological polar surface area (TPSA) is 89.0 Å². The maximum absolute atomic E-state index is 13.6. The maximum Gasteiger partial charge on any atom is 0.250 e. The number of hydrogen-bond donors (Lipinski definition) is 1. The number of aromatic nitrogens is 2. The van der Waals surface area contributed by atoms with Crippen LogP contribution in [0.2, 0.25) is 5.15 Å². The molecule has 22 heavy (non-hydrogen) atoms. The molecule has 6 nitrogen and oxygen atoms in total. The van der Waals surface area contributed by atoms with Crippen LogP contribution in [0.5, 0.6) is 0 Å². The number of sulfone groups is 1. The van der Waals surface area contributed by atoms with Gasteiger partial charge in [-0.2, -0.15) is 4.98 Å². The molecule has 0 saturated heterocycles. The number of aldehydes is 1. The second-order valence-corrected chi connectivity index (χ2v) is 6.44. The van der Waals surface area contributed by atoms with E-state index in [1.807, 2.05) is 0 Å². The monoisotopic (exact) mass is 347 g/mol. The van der Waals surface area contributed by atoms with Gasteiger partial charge in [0.2, 0.25) is 15.0 Å². The second kappa shape index (κ2) is 5.93. The van der Waals surface area contributed by atoms with E-state index in [1.165, 1.54) is 0 Å². The number of nitrogens with one attached hydrogen (secondary N) is 1. The molecule has 0 bridgehead atoms. The van der Waals surface area contributed by atoms with Crippen LogP contribution in [0.1, 0.15) is 10.4 Å². The van der Waals surface area contributed by atoms with Crippen LogP contribution in [0.3, 0.4) is 0 Å². The van der Waals surface area contributed by atoms with Gasteiger partial charge in [-0.3, -0.25) is 4.79 Å². The lowest BCUT2D eigenvalue weighted by atomic mass is 10.2. The third-order valence-corrected chi connectivity index (χ3v) is 3.67. The summed E-state index contributed by atoms with van der Waals surface area (Å²) >= 11 is 5.71. The molecule has 0 saturated carbocycles. The van der Waals surface area contributed by atoms with Crippen molar-refractivity contribution in [3.05, 3.63) is 40.6 Å². The van der Waals surface area contributed by atoms with E-state index in [-0.39, 0.29) is 11.8 Å². The predicted octanol–water partition coefficient (Wildman–Crippen LogP) is 2.37. The predicted molar refractivity (Wildman–Crippen MR) is 75.2 cm³/mol. The van der Waals surface area contributed by atoms with Crippen LogP contribution in [0.4, 0.5) is 20.3 Å². The Morgan fingerprint density at radius 2 is 1.82 bits per heavy atom. The van der Waals surface area contributed by atoms with Crippen molar-refractivity contribution >= 4 is 39.2 Å². The van der Waals surface area contributed by atoms with Crippen LogP contribution in [0.15, 0.2) is 23.4 Å². The van der Waals surface area contributed by atoms with Crippen molar-refractivity contribution in [3.8, 4) is 0 Å². The van der Waals surface area contributed by atoms with Crippen LogP contribution >= 0.6 is 11.6 Å². The largest absolute Gasteiger partial charge is 0.335 e. The molecule has 2 aromatic rings. The van der Waals surface area contributed by atoms with Gasteiger partial charge in [-0.25, -0.2) is 22.2 Å². The van der Waals surface area contributed by atoms with Crippen molar-refractivity contribution < 1.29 is 22.0 Å². The molecule has 1 aromatic heterocycles. The number of carbonyl (C=O) groups excluding carboxylic acids is 1. The number of nitrogens with zero attached hydrogens (tertiary/aromatic N) is 2. The van der Waals surface area contributed by atoms with E-state index < -0.39 is 43.3 Å². The number of hydrogen-bond acceptors (Lipinski definition) is 6. The maximum atomic E-state index is 13.6. The Labute approximate surface area is 129 Å². The molecule has 1 N–H and O–H groups in total. The number of anilines is 2. The minimum Gasteiger partial charge on any atom is -0.335 e. The van der Waals surface area contributed by atoms with Gasteiger partial charge in [0.1, 0.15) is 28.3 Å². The summed E-state index contributed by atoms with van der Waals surface area (Å²) in [5.74, 6) is -2.32. The van der Waals surface area contributed by atoms with Gasteiger partial charge in [0, 0.05) is 6.26 Å². The summed E-state index contributed by atoms with van der Waals surface area (Å²) < 4.78 is 50.2. The molecular formula is C12H8ClF2N3O3S. The summed E-state index contributed by atoms with van der Waals surface area (Å²) in [5.41, 5.74) is -0.920. The van der Waals surface area contributed by atoms with Crippen molar-refractivity contribution in [2.75, 3.05) is 11.6 Å². The molecule has 2 rings (SSSR count). The van der Waals surface area contributed by atoms with E-state index in [0.717, 1.165) is 24.5 Å². The number of para-hydroxylation sites is 1. The van der Waals surface area contributed by atoms with Crippen LogP contribution in [0, 0.1) is 11.6 Å². The lowest BCUT2D eigenvalue weighted by Crippen LogP contribution is -2.10. The second-order valence-electron chi connectivity index (χ2n) is 4.17. The van der Waals surface area contributed by atoms with Gasteiger partial charge >= 0.3 is 0 Å². The lowest BCUT2D eigenvalue weighted by Gasteiger charge is -2.11. The fraction of sp³-hybridized carbons (Fsp3) is 0.0833. The summed E-state index contributed by atoms with van der Waals surface area (Å²) in [4.78, 5) is 18.1. The molecule has 0 unspecified atom stereocenters. The molecule has 0 fully saturated rings. The highest BCUT2D eigenvalue weighted by Crippen LogP contribution is 2.27. The van der Waals surface area contributed by atoms with E-state index in [1.54, 1.807) is 0 Å². The third kappa shape index (κ3) is 3.20. The van der Waals surface area contributed by atoms with Crippen LogP contribution in [-0.4, -0.2) is 30.9 Å². The first kappa shape index (κ1) is 16.2. The molecule has 10 heteroatoms. The molecular weight excluding hydrogens is 340 g/mol. The van der Waals surface area contributed by atoms with Gasteiger partial charge < -0.3 is 5.32 Å². The Kier molecular flexibility index (Phi) is 4.38. The van der Waals surface area contributed by atoms with Gasteiger partial charge in [0.15, 0.2) is 6.29 Å². The summed E-state index contributed by atoms with van der Waals surface area (Å²) in [6.45, 7) is 0. The van der Waals surface area contributed by atoms with Crippen molar-refractivity contribution in [1.29, 1.82) is 0 Å². The number of carbonyl (C=O) groups is 1. The van der Waals surface area contributed by atoms with E-state index in [2.05, 4.69) is 15.3 Å². The van der Waals surface area contributed by atoms with Crippen molar-refractivity contribution in [1.82, 2.24) is 9.97 Å². The SMILES string of the molecule is CS(=O)(=O)c1nc(Cl)c(C=O)c(Nc2c(F)cccc2F)n1. The average Bonchev–Trinajstić information content (AvgIpc) is 2.41. The van der Waals surface area contributed by atoms with Crippen molar-refractivity contribution in [3.63, 3.8) is 0 Å². The quantitative estimate of drug-likeness (QED) is 0.519. The summed E-state index contributed by atoms with van der Waals surface area (Å²) in [6.07, 6.45) is 1.07. The zero-order valence-corrected chi connectivity index (χ0v) is 12.5. The van der Waals surface area contributed by atoms with E-state index in [4.69, 9.17) is 11.6 Å². The molecule has 0 aliphatic heterocycles. The highest BCUT2D eigenvalue weighted by atomic mass is 35.5. The molecule has 116 valence electrons. The molecule has 1 aromatic carbocycles. The van der Waals surface area contributed by atoms with Gasteiger partial charge in [0.25, 0.3) is 0 Å². The average molecular weight is 348 g/mol. The molecule has 0 aliphatic rings. The Hall–Kier alpha value is -2.13. The number of benzene rings is 1. The van der Waals surface area contributed by atoms with Crippen LogP contribution in [0.25, 0.3) is 0 Å². The van der Waals surface area contributed by atoms with E-state index in [0.29, 0.717) is 0 Å². The number of rotatable bonds is 4. The van der Waals surface area contributed by atoms with Crippen LogP contribution < -0.4 is 5.32 Å². The summed E-state index contributed by atoms with van der Waals surface area (Å²) in [6, 6.07) is 3.10. The number of halogens is 3. The third-order valence-electron chi connectivity index (χ3n) is 2.53. The minimum absolute atomic E-state index is 0.246. The first-order chi connectivity index (χ1) is 10.2. The van der Waals surface area contributed by atoms with Gasteiger partial charge in [0.05, 0.1) is 5.56 Å². The van der Waals surface area contributed by atoms with Gasteiger partial charge in [-0.1, -0.05) is 17.7 Å². The molecule has 0 spiro atoms. The fourth-order valence-electron chi connectivity index (χ4n) is 1.52. The molecule has 0 amide bonds. The van der Waals surface area contributed by atoms with Crippen LogP contribution in [-0.2, 0) is 9.84 Å². The first-order valence-corrected chi connectivity index (χ1v) is 7.94. The van der Waals surface area contributed by atoms with Crippen molar-refractivity contribution in [2.24, 2.45) is 0 Å².